The average Bonchev–Trinajstić information content (AvgIpc) is 2.66. The average molecular weight is 380 g/mol. The van der Waals surface area contributed by atoms with Crippen molar-refractivity contribution in [2.75, 3.05) is 32.7 Å². The second-order valence-electron chi connectivity index (χ2n) is 6.68. The van der Waals surface area contributed by atoms with Crippen molar-refractivity contribution in [2.45, 2.75) is 72.1 Å². The molecule has 0 fully saturated rings. The highest BCUT2D eigenvalue weighted by atomic mass is 16.2. The molecule has 0 bridgehead atoms. The molecule has 2 N–H and O–H groups in total. The number of hydrogen-bond acceptors (Lipinski definition) is 3. The molecule has 5 heteroatoms. The Bertz CT molecular complexity index is 395. The van der Waals surface area contributed by atoms with Gasteiger partial charge in [0.1, 0.15) is 0 Å². The van der Waals surface area contributed by atoms with Crippen molar-refractivity contribution in [2.24, 2.45) is 0 Å². The number of nitrogens with one attached hydrogen (secondary N) is 2. The molecule has 5 nitrogen and oxygen atoms in total. The normalized spacial score (nSPS) is 11.6. The van der Waals surface area contributed by atoms with Crippen LogP contribution in [0.3, 0.4) is 0 Å². The molecular weight excluding hydrogens is 338 g/mol. The van der Waals surface area contributed by atoms with Gasteiger partial charge in [0.05, 0.1) is 0 Å². The van der Waals surface area contributed by atoms with E-state index in [9.17, 15) is 9.59 Å². The third-order valence-electron chi connectivity index (χ3n) is 4.30. The number of allylic oxidation sites excluding steroid dienone is 4. The zero-order valence-electron chi connectivity index (χ0n) is 17.8. The van der Waals surface area contributed by atoms with E-state index in [2.05, 4.69) is 60.6 Å². The van der Waals surface area contributed by atoms with Crippen LogP contribution < -0.4 is 10.6 Å². The van der Waals surface area contributed by atoms with Crippen LogP contribution in [0.25, 0.3) is 0 Å². The Labute approximate surface area is 166 Å². The van der Waals surface area contributed by atoms with Crippen LogP contribution in [0.2, 0.25) is 0 Å². The molecule has 0 saturated carbocycles. The molecule has 2 amide bonds. The molecule has 0 radical (unpaired) electrons. The molecule has 0 saturated heterocycles. The first-order valence-electron chi connectivity index (χ1n) is 10.7. The molecule has 0 aliphatic heterocycles. The van der Waals surface area contributed by atoms with Gasteiger partial charge < -0.3 is 15.5 Å². The van der Waals surface area contributed by atoms with Crippen molar-refractivity contribution in [1.29, 1.82) is 0 Å². The molecule has 0 aromatic rings. The number of rotatable bonds is 17. The minimum Gasteiger partial charge on any atom is -0.355 e. The predicted octanol–water partition coefficient (Wildman–Crippen LogP) is 3.81. The molecule has 0 aromatic heterocycles. The van der Waals surface area contributed by atoms with Crippen LogP contribution in [0.4, 0.5) is 0 Å². The topological polar surface area (TPSA) is 61.4 Å². The van der Waals surface area contributed by atoms with Crippen molar-refractivity contribution < 1.29 is 9.59 Å². The second kappa shape index (κ2) is 19.2. The van der Waals surface area contributed by atoms with E-state index < -0.39 is 0 Å². The standard InChI is InChI=1S/C22H41N3O2/c1-4-7-9-11-13-15-21(26)23-17-19-25(6-3)20-18-24-22(27)16-14-12-10-8-5-2/h7-10H,4-6,11-20H2,1-3H3,(H,23,26)(H,24,27)/b9-7+,10-8+. The molecule has 156 valence electrons. The molecule has 0 spiro atoms. The van der Waals surface area contributed by atoms with Crippen LogP contribution in [0.5, 0.6) is 0 Å². The Kier molecular flexibility index (Phi) is 18.0. The largest absolute Gasteiger partial charge is 0.355 e. The van der Waals surface area contributed by atoms with Gasteiger partial charge in [-0.1, -0.05) is 45.1 Å². The highest BCUT2D eigenvalue weighted by Gasteiger charge is 2.05. The lowest BCUT2D eigenvalue weighted by molar-refractivity contribution is -0.121. The van der Waals surface area contributed by atoms with E-state index in [0.717, 1.165) is 58.2 Å². The maximum absolute atomic E-state index is 11.8. The lowest BCUT2D eigenvalue weighted by Gasteiger charge is -2.20. The summed E-state index contributed by atoms with van der Waals surface area (Å²) in [7, 11) is 0. The summed E-state index contributed by atoms with van der Waals surface area (Å²) < 4.78 is 0. The Morgan fingerprint density at radius 2 is 1.19 bits per heavy atom. The lowest BCUT2D eigenvalue weighted by atomic mass is 10.2. The lowest BCUT2D eigenvalue weighted by Crippen LogP contribution is -2.39. The molecule has 0 rings (SSSR count). The number of amides is 2. The van der Waals surface area contributed by atoms with Crippen LogP contribution in [0.15, 0.2) is 24.3 Å². The Hall–Kier alpha value is -1.62. The van der Waals surface area contributed by atoms with Gasteiger partial charge in [-0.05, 0) is 45.1 Å². The maximum atomic E-state index is 11.8. The molecule has 0 unspecified atom stereocenters. The van der Waals surface area contributed by atoms with E-state index in [4.69, 9.17) is 0 Å². The van der Waals surface area contributed by atoms with Crippen LogP contribution >= 0.6 is 0 Å². The van der Waals surface area contributed by atoms with E-state index in [1.54, 1.807) is 0 Å². The van der Waals surface area contributed by atoms with Gasteiger partial charge in [-0.2, -0.15) is 0 Å². The highest BCUT2D eigenvalue weighted by Crippen LogP contribution is 1.98. The number of hydrogen-bond donors (Lipinski definition) is 2. The van der Waals surface area contributed by atoms with Gasteiger partial charge in [0.25, 0.3) is 0 Å². The van der Waals surface area contributed by atoms with Crippen molar-refractivity contribution in [3.8, 4) is 0 Å². The monoisotopic (exact) mass is 379 g/mol. The third-order valence-corrected chi connectivity index (χ3v) is 4.30. The minimum absolute atomic E-state index is 0.126. The molecular formula is C22H41N3O2. The number of unbranched alkanes of at least 4 members (excludes halogenated alkanes) is 2. The first kappa shape index (κ1) is 25.4. The first-order valence-corrected chi connectivity index (χ1v) is 10.7. The van der Waals surface area contributed by atoms with E-state index >= 15 is 0 Å². The second-order valence-corrected chi connectivity index (χ2v) is 6.68. The van der Waals surface area contributed by atoms with Crippen molar-refractivity contribution in [1.82, 2.24) is 15.5 Å². The van der Waals surface area contributed by atoms with E-state index in [0.29, 0.717) is 25.9 Å². The van der Waals surface area contributed by atoms with E-state index in [1.165, 1.54) is 0 Å². The van der Waals surface area contributed by atoms with Crippen molar-refractivity contribution in [3.05, 3.63) is 24.3 Å². The summed E-state index contributed by atoms with van der Waals surface area (Å²) in [6.45, 7) is 10.2. The molecule has 0 aliphatic rings. The van der Waals surface area contributed by atoms with Crippen LogP contribution in [0, 0.1) is 0 Å². The van der Waals surface area contributed by atoms with Gasteiger partial charge in [-0.25, -0.2) is 0 Å². The van der Waals surface area contributed by atoms with Gasteiger partial charge in [-0.15, -0.1) is 0 Å². The summed E-state index contributed by atoms with van der Waals surface area (Å²) in [6.07, 6.45) is 15.6. The van der Waals surface area contributed by atoms with E-state index in [-0.39, 0.29) is 11.8 Å². The van der Waals surface area contributed by atoms with Gasteiger partial charge >= 0.3 is 0 Å². The Morgan fingerprint density at radius 1 is 0.741 bits per heavy atom. The summed E-state index contributed by atoms with van der Waals surface area (Å²) in [5.74, 6) is 0.253. The fraction of sp³-hybridized carbons (Fsp3) is 0.727. The van der Waals surface area contributed by atoms with Crippen molar-refractivity contribution in [3.63, 3.8) is 0 Å². The number of carbonyl (C=O) groups is 2. The molecule has 0 aromatic carbocycles. The predicted molar refractivity (Wildman–Crippen MR) is 115 cm³/mol. The summed E-state index contributed by atoms with van der Waals surface area (Å²) in [6, 6.07) is 0. The summed E-state index contributed by atoms with van der Waals surface area (Å²) in [5.41, 5.74) is 0. The smallest absolute Gasteiger partial charge is 0.220 e. The fourth-order valence-corrected chi connectivity index (χ4v) is 2.64. The number of nitrogens with zero attached hydrogens (tertiary/aromatic N) is 1. The zero-order valence-corrected chi connectivity index (χ0v) is 17.8. The van der Waals surface area contributed by atoms with Crippen molar-refractivity contribution >= 4 is 11.8 Å². The third kappa shape index (κ3) is 17.5. The van der Waals surface area contributed by atoms with Gasteiger partial charge in [-0.3, -0.25) is 9.59 Å². The van der Waals surface area contributed by atoms with Gasteiger partial charge in [0.2, 0.25) is 11.8 Å². The Balaban J connectivity index is 3.71. The Morgan fingerprint density at radius 3 is 1.56 bits per heavy atom. The minimum atomic E-state index is 0.126. The van der Waals surface area contributed by atoms with Crippen LogP contribution in [0.1, 0.15) is 72.1 Å². The van der Waals surface area contributed by atoms with Gasteiger partial charge in [0, 0.05) is 39.0 Å². The molecule has 0 atom stereocenters. The first-order chi connectivity index (χ1) is 13.1. The van der Waals surface area contributed by atoms with Crippen LogP contribution in [-0.4, -0.2) is 49.4 Å². The SMILES string of the molecule is CC/C=C/CCCC(=O)NCCN(CC)CCNC(=O)CCC/C=C/CC. The molecule has 0 heterocycles. The molecule has 0 aliphatic carbocycles. The number of likely N-dealkylation sites (N-methyl/N-ethyl adjacent to an activating group) is 1. The summed E-state index contributed by atoms with van der Waals surface area (Å²) >= 11 is 0. The quantitative estimate of drug-likeness (QED) is 0.298. The van der Waals surface area contributed by atoms with Gasteiger partial charge in [0.15, 0.2) is 0 Å². The number of carbonyl (C=O) groups excluding carboxylic acids is 2. The summed E-state index contributed by atoms with van der Waals surface area (Å²) in [5, 5.41) is 5.97. The maximum Gasteiger partial charge on any atom is 0.220 e. The van der Waals surface area contributed by atoms with Crippen LogP contribution in [-0.2, 0) is 9.59 Å². The molecule has 27 heavy (non-hydrogen) atoms. The van der Waals surface area contributed by atoms with E-state index in [1.807, 2.05) is 0 Å². The highest BCUT2D eigenvalue weighted by molar-refractivity contribution is 5.76. The zero-order chi connectivity index (χ0) is 20.2. The fourth-order valence-electron chi connectivity index (χ4n) is 2.64. The summed E-state index contributed by atoms with van der Waals surface area (Å²) in [4.78, 5) is 25.8.